The van der Waals surface area contributed by atoms with Gasteiger partial charge in [-0.05, 0) is 42.7 Å². The zero-order chi connectivity index (χ0) is 25.5. The Morgan fingerprint density at radius 2 is 1.73 bits per heavy atom. The Balaban J connectivity index is 1.15. The molecule has 0 spiro atoms. The van der Waals surface area contributed by atoms with Crippen molar-refractivity contribution < 1.29 is 9.59 Å². The van der Waals surface area contributed by atoms with Crippen molar-refractivity contribution in [2.24, 2.45) is 0 Å². The van der Waals surface area contributed by atoms with E-state index in [9.17, 15) is 9.59 Å². The quantitative estimate of drug-likeness (QED) is 0.366. The highest BCUT2D eigenvalue weighted by molar-refractivity contribution is 7.15. The Hall–Kier alpha value is -4.25. The maximum Gasteiger partial charge on any atom is 0.232 e. The summed E-state index contributed by atoms with van der Waals surface area (Å²) in [5.41, 5.74) is 1.65. The fraction of sp³-hybridized carbons (Fsp3) is 0.269. The molecule has 11 heteroatoms. The molecule has 0 saturated carbocycles. The number of benzene rings is 1. The van der Waals surface area contributed by atoms with Crippen LogP contribution in [0.25, 0.3) is 0 Å². The van der Waals surface area contributed by atoms with Gasteiger partial charge in [-0.1, -0.05) is 47.7 Å². The van der Waals surface area contributed by atoms with E-state index in [0.29, 0.717) is 16.6 Å². The number of aromatic nitrogens is 5. The monoisotopic (exact) mass is 514 g/mol. The van der Waals surface area contributed by atoms with Crippen molar-refractivity contribution in [3.05, 3.63) is 83.1 Å². The van der Waals surface area contributed by atoms with Gasteiger partial charge in [0, 0.05) is 30.9 Å². The molecule has 1 unspecified atom stereocenters. The highest BCUT2D eigenvalue weighted by Gasteiger charge is 2.26. The standard InChI is InChI=1S/C26H26N8O2S/c35-23(15-18-7-2-1-3-8-18)28-21-11-12-22(31-30-21)34-14-6-9-19(17-34)25-32-33-26(37-25)29-24(36)16-20-10-4-5-13-27-20/h1-5,7-8,10-13,19H,6,9,14-17H2,(H,28,30,35)(H,29,33,36). The van der Waals surface area contributed by atoms with Gasteiger partial charge < -0.3 is 15.5 Å². The summed E-state index contributed by atoms with van der Waals surface area (Å²) in [6, 6.07) is 18.7. The first-order valence-corrected chi connectivity index (χ1v) is 12.9. The van der Waals surface area contributed by atoms with Crippen molar-refractivity contribution in [2.75, 3.05) is 28.6 Å². The SMILES string of the molecule is O=C(Cc1ccccc1)Nc1ccc(N2CCCC(c3nnc(NC(=O)Cc4ccccn4)s3)C2)nn1. The average Bonchev–Trinajstić information content (AvgIpc) is 3.38. The molecule has 188 valence electrons. The number of hydrogen-bond donors (Lipinski definition) is 2. The van der Waals surface area contributed by atoms with Crippen LogP contribution in [0.2, 0.25) is 0 Å². The normalized spacial score (nSPS) is 15.2. The number of carbonyl (C=O) groups excluding carboxylic acids is 2. The number of piperidine rings is 1. The second kappa shape index (κ2) is 11.7. The summed E-state index contributed by atoms with van der Waals surface area (Å²) in [5, 5.41) is 24.1. The van der Waals surface area contributed by atoms with Gasteiger partial charge in [-0.3, -0.25) is 14.6 Å². The minimum atomic E-state index is -0.169. The zero-order valence-corrected chi connectivity index (χ0v) is 20.9. The lowest BCUT2D eigenvalue weighted by atomic mass is 9.99. The van der Waals surface area contributed by atoms with Gasteiger partial charge in [0.15, 0.2) is 11.6 Å². The van der Waals surface area contributed by atoms with Crippen LogP contribution in [0, 0.1) is 0 Å². The Labute approximate surface area is 218 Å². The Bertz CT molecular complexity index is 1330. The van der Waals surface area contributed by atoms with E-state index in [1.807, 2.05) is 54.6 Å². The molecule has 1 saturated heterocycles. The maximum atomic E-state index is 12.3. The fourth-order valence-electron chi connectivity index (χ4n) is 4.20. The maximum absolute atomic E-state index is 12.3. The van der Waals surface area contributed by atoms with Crippen molar-refractivity contribution in [3.63, 3.8) is 0 Å². The molecule has 5 rings (SSSR count). The van der Waals surface area contributed by atoms with E-state index in [4.69, 9.17) is 0 Å². The lowest BCUT2D eigenvalue weighted by Gasteiger charge is -2.32. The summed E-state index contributed by atoms with van der Waals surface area (Å²) in [5.74, 6) is 1.05. The molecule has 1 fully saturated rings. The topological polar surface area (TPSA) is 126 Å². The number of nitrogens with one attached hydrogen (secondary N) is 2. The second-order valence-electron chi connectivity index (χ2n) is 8.76. The van der Waals surface area contributed by atoms with Crippen LogP contribution in [0.5, 0.6) is 0 Å². The van der Waals surface area contributed by atoms with E-state index in [1.54, 1.807) is 12.3 Å². The molecule has 1 aliphatic rings. The molecule has 3 aromatic heterocycles. The number of rotatable bonds is 8. The molecule has 0 bridgehead atoms. The molecule has 2 amide bonds. The molecule has 0 aliphatic carbocycles. The van der Waals surface area contributed by atoms with Crippen LogP contribution >= 0.6 is 11.3 Å². The predicted molar refractivity (Wildman–Crippen MR) is 141 cm³/mol. The van der Waals surface area contributed by atoms with Crippen molar-refractivity contribution in [1.82, 2.24) is 25.4 Å². The van der Waals surface area contributed by atoms with E-state index in [-0.39, 0.29) is 30.6 Å². The lowest BCUT2D eigenvalue weighted by Crippen LogP contribution is -2.35. The van der Waals surface area contributed by atoms with E-state index in [1.165, 1.54) is 11.3 Å². The number of anilines is 3. The largest absolute Gasteiger partial charge is 0.354 e. The summed E-state index contributed by atoms with van der Waals surface area (Å²) in [4.78, 5) is 31.0. The van der Waals surface area contributed by atoms with Gasteiger partial charge in [0.2, 0.25) is 16.9 Å². The van der Waals surface area contributed by atoms with Gasteiger partial charge in [0.25, 0.3) is 0 Å². The number of amides is 2. The van der Waals surface area contributed by atoms with Crippen LogP contribution in [0.15, 0.2) is 66.9 Å². The van der Waals surface area contributed by atoms with Gasteiger partial charge in [-0.2, -0.15) is 0 Å². The summed E-state index contributed by atoms with van der Waals surface area (Å²) < 4.78 is 0. The molecule has 4 aromatic rings. The molecule has 4 heterocycles. The minimum Gasteiger partial charge on any atom is -0.354 e. The third kappa shape index (κ3) is 6.70. The van der Waals surface area contributed by atoms with Crippen LogP contribution in [0.3, 0.4) is 0 Å². The summed E-state index contributed by atoms with van der Waals surface area (Å²) in [6.07, 6.45) is 4.09. The van der Waals surface area contributed by atoms with E-state index in [0.717, 1.165) is 42.3 Å². The number of hydrogen-bond acceptors (Lipinski definition) is 9. The predicted octanol–water partition coefficient (Wildman–Crippen LogP) is 3.47. The highest BCUT2D eigenvalue weighted by Crippen LogP contribution is 2.32. The molecule has 0 radical (unpaired) electrons. The van der Waals surface area contributed by atoms with Gasteiger partial charge in [-0.15, -0.1) is 20.4 Å². The van der Waals surface area contributed by atoms with Gasteiger partial charge in [0.1, 0.15) is 5.01 Å². The van der Waals surface area contributed by atoms with Gasteiger partial charge in [-0.25, -0.2) is 0 Å². The summed E-state index contributed by atoms with van der Waals surface area (Å²) >= 11 is 1.40. The van der Waals surface area contributed by atoms with Crippen LogP contribution in [0.4, 0.5) is 16.8 Å². The smallest absolute Gasteiger partial charge is 0.232 e. The number of pyridine rings is 1. The van der Waals surface area contributed by atoms with Crippen LogP contribution < -0.4 is 15.5 Å². The molecule has 1 aliphatic heterocycles. The van der Waals surface area contributed by atoms with E-state index < -0.39 is 0 Å². The van der Waals surface area contributed by atoms with Crippen molar-refractivity contribution in [2.45, 2.75) is 31.6 Å². The van der Waals surface area contributed by atoms with Crippen LogP contribution in [0.1, 0.15) is 35.0 Å². The van der Waals surface area contributed by atoms with Crippen LogP contribution in [-0.4, -0.2) is 50.3 Å². The Morgan fingerprint density at radius 3 is 2.51 bits per heavy atom. The lowest BCUT2D eigenvalue weighted by molar-refractivity contribution is -0.116. The van der Waals surface area contributed by atoms with Gasteiger partial charge >= 0.3 is 0 Å². The third-order valence-electron chi connectivity index (χ3n) is 5.97. The first-order chi connectivity index (χ1) is 18.1. The average molecular weight is 515 g/mol. The van der Waals surface area contributed by atoms with Crippen molar-refractivity contribution >= 4 is 39.9 Å². The third-order valence-corrected chi connectivity index (χ3v) is 6.98. The molecular weight excluding hydrogens is 488 g/mol. The molecule has 37 heavy (non-hydrogen) atoms. The minimum absolute atomic E-state index is 0.134. The molecule has 1 atom stereocenters. The molecule has 1 aromatic carbocycles. The fourth-order valence-corrected chi connectivity index (χ4v) is 5.08. The highest BCUT2D eigenvalue weighted by atomic mass is 32.1. The van der Waals surface area contributed by atoms with Crippen molar-refractivity contribution in [1.29, 1.82) is 0 Å². The van der Waals surface area contributed by atoms with E-state index in [2.05, 4.69) is 40.9 Å². The first kappa shape index (κ1) is 24.4. The number of carbonyl (C=O) groups is 2. The molecule has 2 N–H and O–H groups in total. The van der Waals surface area contributed by atoms with E-state index >= 15 is 0 Å². The van der Waals surface area contributed by atoms with Crippen LogP contribution in [-0.2, 0) is 22.4 Å². The molecular formula is C26H26N8O2S. The Morgan fingerprint density at radius 1 is 0.892 bits per heavy atom. The second-order valence-corrected chi connectivity index (χ2v) is 9.77. The molecule has 10 nitrogen and oxygen atoms in total. The number of nitrogens with zero attached hydrogens (tertiary/aromatic N) is 6. The summed E-state index contributed by atoms with van der Waals surface area (Å²) in [7, 11) is 0. The van der Waals surface area contributed by atoms with Gasteiger partial charge in [0.05, 0.1) is 12.8 Å². The summed E-state index contributed by atoms with van der Waals surface area (Å²) in [6.45, 7) is 1.59. The zero-order valence-electron chi connectivity index (χ0n) is 20.1. The first-order valence-electron chi connectivity index (χ1n) is 12.1. The Kier molecular flexibility index (Phi) is 7.70. The van der Waals surface area contributed by atoms with Crippen molar-refractivity contribution in [3.8, 4) is 0 Å².